The first-order valence-electron chi connectivity index (χ1n) is 6.07. The largest absolute Gasteiger partial charge is 0.478 e. The number of anilines is 1. The molecule has 98 valence electrons. The zero-order valence-corrected chi connectivity index (χ0v) is 11.5. The van der Waals surface area contributed by atoms with Crippen LogP contribution >= 0.6 is 15.9 Å². The van der Waals surface area contributed by atoms with Crippen molar-refractivity contribution in [2.45, 2.75) is 38.1 Å². The lowest BCUT2D eigenvalue weighted by Crippen LogP contribution is -2.23. The van der Waals surface area contributed by atoms with Crippen molar-refractivity contribution in [1.82, 2.24) is 0 Å². The van der Waals surface area contributed by atoms with E-state index in [4.69, 9.17) is 5.11 Å². The molecule has 1 aromatic carbocycles. The maximum atomic E-state index is 14.0. The van der Waals surface area contributed by atoms with Gasteiger partial charge in [-0.05, 0) is 40.9 Å². The van der Waals surface area contributed by atoms with Gasteiger partial charge in [0.1, 0.15) is 0 Å². The van der Waals surface area contributed by atoms with E-state index in [2.05, 4.69) is 21.2 Å². The van der Waals surface area contributed by atoms with E-state index in [1.54, 1.807) is 0 Å². The minimum absolute atomic E-state index is 0.0100. The van der Waals surface area contributed by atoms with E-state index in [-0.39, 0.29) is 16.1 Å². The van der Waals surface area contributed by atoms with Crippen molar-refractivity contribution in [2.24, 2.45) is 0 Å². The maximum absolute atomic E-state index is 14.0. The fraction of sp³-hybridized carbons (Fsp3) is 0.462. The van der Waals surface area contributed by atoms with Gasteiger partial charge in [-0.1, -0.05) is 19.3 Å². The van der Waals surface area contributed by atoms with Gasteiger partial charge < -0.3 is 10.4 Å². The number of nitrogens with one attached hydrogen (secondary N) is 1. The van der Waals surface area contributed by atoms with Crippen LogP contribution in [0, 0.1) is 5.82 Å². The van der Waals surface area contributed by atoms with Crippen LogP contribution in [0.5, 0.6) is 0 Å². The number of hydrogen-bond acceptors (Lipinski definition) is 2. The summed E-state index contributed by atoms with van der Waals surface area (Å²) in [6.45, 7) is 0. The number of carboxylic acid groups (broad SMARTS) is 1. The molecule has 1 aliphatic rings. The zero-order valence-electron chi connectivity index (χ0n) is 9.88. The van der Waals surface area contributed by atoms with Gasteiger partial charge in [-0.2, -0.15) is 0 Å². The summed E-state index contributed by atoms with van der Waals surface area (Å²) >= 11 is 3.00. The molecule has 1 aromatic rings. The van der Waals surface area contributed by atoms with E-state index in [0.717, 1.165) is 25.7 Å². The van der Waals surface area contributed by atoms with Crippen molar-refractivity contribution in [3.05, 3.63) is 28.0 Å². The van der Waals surface area contributed by atoms with E-state index < -0.39 is 11.8 Å². The fourth-order valence-corrected chi connectivity index (χ4v) is 2.81. The molecule has 0 saturated heterocycles. The van der Waals surface area contributed by atoms with Crippen molar-refractivity contribution >= 4 is 27.6 Å². The predicted octanol–water partition coefficient (Wildman–Crippen LogP) is 4.03. The number of hydrogen-bond donors (Lipinski definition) is 2. The smallest absolute Gasteiger partial charge is 0.336 e. The molecular weight excluding hydrogens is 301 g/mol. The molecule has 5 heteroatoms. The van der Waals surface area contributed by atoms with Crippen molar-refractivity contribution < 1.29 is 14.3 Å². The molecule has 0 aliphatic heterocycles. The topological polar surface area (TPSA) is 49.3 Å². The van der Waals surface area contributed by atoms with Gasteiger partial charge in [0.05, 0.1) is 15.7 Å². The molecule has 2 rings (SSSR count). The van der Waals surface area contributed by atoms with Gasteiger partial charge in [0.2, 0.25) is 0 Å². The number of benzene rings is 1. The minimum Gasteiger partial charge on any atom is -0.478 e. The zero-order chi connectivity index (χ0) is 13.1. The molecule has 2 N–H and O–H groups in total. The molecule has 1 fully saturated rings. The molecule has 1 aliphatic carbocycles. The number of aromatic carboxylic acids is 1. The van der Waals surface area contributed by atoms with E-state index in [0.29, 0.717) is 5.69 Å². The molecule has 0 spiro atoms. The monoisotopic (exact) mass is 315 g/mol. The van der Waals surface area contributed by atoms with Gasteiger partial charge in [-0.3, -0.25) is 0 Å². The molecule has 0 radical (unpaired) electrons. The summed E-state index contributed by atoms with van der Waals surface area (Å²) in [5.74, 6) is -1.66. The third-order valence-corrected chi connectivity index (χ3v) is 4.05. The Labute approximate surface area is 114 Å². The van der Waals surface area contributed by atoms with Gasteiger partial charge in [-0.25, -0.2) is 9.18 Å². The summed E-state index contributed by atoms with van der Waals surface area (Å²) < 4.78 is 14.0. The van der Waals surface area contributed by atoms with Crippen LogP contribution in [0.25, 0.3) is 0 Å². The van der Waals surface area contributed by atoms with Crippen molar-refractivity contribution in [3.63, 3.8) is 0 Å². The Balaban J connectivity index is 2.18. The van der Waals surface area contributed by atoms with Crippen LogP contribution in [0.4, 0.5) is 10.1 Å². The fourth-order valence-electron chi connectivity index (χ4n) is 2.29. The molecule has 3 nitrogen and oxygen atoms in total. The molecular formula is C13H15BrFNO2. The van der Waals surface area contributed by atoms with E-state index in [1.807, 2.05) is 0 Å². The van der Waals surface area contributed by atoms with Crippen molar-refractivity contribution in [3.8, 4) is 0 Å². The Morgan fingerprint density at radius 1 is 1.33 bits per heavy atom. The summed E-state index contributed by atoms with van der Waals surface area (Å²) in [6.07, 6.45) is 5.64. The lowest BCUT2D eigenvalue weighted by atomic mass is 9.95. The lowest BCUT2D eigenvalue weighted by molar-refractivity contribution is 0.0695. The average molecular weight is 316 g/mol. The molecule has 0 bridgehead atoms. The first-order chi connectivity index (χ1) is 8.59. The van der Waals surface area contributed by atoms with Crippen LogP contribution < -0.4 is 5.32 Å². The molecule has 18 heavy (non-hydrogen) atoms. The molecule has 0 heterocycles. The summed E-state index contributed by atoms with van der Waals surface area (Å²) in [5, 5.41) is 12.0. The Hall–Kier alpha value is -1.10. The highest BCUT2D eigenvalue weighted by molar-refractivity contribution is 9.10. The number of carbonyl (C=O) groups is 1. The highest BCUT2D eigenvalue weighted by Gasteiger charge is 2.19. The molecule has 0 aromatic heterocycles. The molecule has 0 unspecified atom stereocenters. The highest BCUT2D eigenvalue weighted by Crippen LogP contribution is 2.29. The van der Waals surface area contributed by atoms with Crippen LogP contribution in [0.2, 0.25) is 0 Å². The Bertz CT molecular complexity index is 459. The second kappa shape index (κ2) is 5.69. The van der Waals surface area contributed by atoms with Gasteiger partial charge in [0, 0.05) is 6.04 Å². The van der Waals surface area contributed by atoms with Gasteiger partial charge in [-0.15, -0.1) is 0 Å². The minimum atomic E-state index is -1.13. The number of rotatable bonds is 3. The maximum Gasteiger partial charge on any atom is 0.336 e. The first kappa shape index (κ1) is 13.3. The first-order valence-corrected chi connectivity index (χ1v) is 6.86. The third kappa shape index (κ3) is 2.83. The molecule has 0 amide bonds. The number of carboxylic acids is 1. The van der Waals surface area contributed by atoms with Gasteiger partial charge in [0.15, 0.2) is 5.82 Å². The summed E-state index contributed by atoms with van der Waals surface area (Å²) in [6, 6.07) is 3.20. The standard InChI is InChI=1S/C13H15BrFNO2/c14-11-9(13(17)18)6-7-10(12(11)15)16-8-4-2-1-3-5-8/h6-8,16H,1-5H2,(H,17,18). The lowest BCUT2D eigenvalue weighted by Gasteiger charge is -2.24. The van der Waals surface area contributed by atoms with Crippen LogP contribution in [-0.4, -0.2) is 17.1 Å². The Morgan fingerprint density at radius 3 is 2.61 bits per heavy atom. The Kier molecular flexibility index (Phi) is 4.22. The highest BCUT2D eigenvalue weighted by atomic mass is 79.9. The SMILES string of the molecule is O=C(O)c1ccc(NC2CCCCC2)c(F)c1Br. The van der Waals surface area contributed by atoms with E-state index in [9.17, 15) is 9.18 Å². The normalized spacial score (nSPS) is 16.6. The van der Waals surface area contributed by atoms with E-state index in [1.165, 1.54) is 18.6 Å². The van der Waals surface area contributed by atoms with Crippen molar-refractivity contribution in [1.29, 1.82) is 0 Å². The van der Waals surface area contributed by atoms with Gasteiger partial charge in [0.25, 0.3) is 0 Å². The summed E-state index contributed by atoms with van der Waals surface area (Å²) in [4.78, 5) is 10.9. The quantitative estimate of drug-likeness (QED) is 0.885. The average Bonchev–Trinajstić information content (AvgIpc) is 2.36. The predicted molar refractivity (Wildman–Crippen MR) is 71.6 cm³/mol. The Morgan fingerprint density at radius 2 is 2.00 bits per heavy atom. The molecule has 1 saturated carbocycles. The van der Waals surface area contributed by atoms with Gasteiger partial charge >= 0.3 is 5.97 Å². The third-order valence-electron chi connectivity index (χ3n) is 3.28. The number of halogens is 2. The second-order valence-electron chi connectivity index (χ2n) is 4.57. The van der Waals surface area contributed by atoms with Crippen molar-refractivity contribution in [2.75, 3.05) is 5.32 Å². The van der Waals surface area contributed by atoms with Crippen LogP contribution in [0.3, 0.4) is 0 Å². The second-order valence-corrected chi connectivity index (χ2v) is 5.37. The summed E-state index contributed by atoms with van der Waals surface area (Å²) in [5.41, 5.74) is 0.320. The van der Waals surface area contributed by atoms with Crippen LogP contribution in [-0.2, 0) is 0 Å². The molecule has 0 atom stereocenters. The van der Waals surface area contributed by atoms with Crippen LogP contribution in [0.1, 0.15) is 42.5 Å². The van der Waals surface area contributed by atoms with E-state index >= 15 is 0 Å². The van der Waals surface area contributed by atoms with Crippen LogP contribution in [0.15, 0.2) is 16.6 Å². The summed E-state index contributed by atoms with van der Waals surface area (Å²) in [7, 11) is 0.